The maximum absolute atomic E-state index is 12.1. The van der Waals surface area contributed by atoms with Gasteiger partial charge in [-0.1, -0.05) is 13.3 Å². The van der Waals surface area contributed by atoms with Crippen molar-refractivity contribution in [3.8, 4) is 0 Å². The minimum Gasteiger partial charge on any atom is -0.481 e. The quantitative estimate of drug-likeness (QED) is 0.236. The van der Waals surface area contributed by atoms with Gasteiger partial charge in [-0.15, -0.1) is 0 Å². The number of carbonyl (C=O) groups is 2. The van der Waals surface area contributed by atoms with Gasteiger partial charge in [-0.2, -0.15) is 5.48 Å². The number of carboxylic acids is 1. The van der Waals surface area contributed by atoms with Gasteiger partial charge in [0.05, 0.1) is 36.4 Å². The molecule has 2 rings (SSSR count). The largest absolute Gasteiger partial charge is 0.481 e. The topological polar surface area (TPSA) is 148 Å². The molecule has 9 heteroatoms. The highest BCUT2D eigenvalue weighted by atomic mass is 16.7. The molecule has 1 aliphatic heterocycles. The number of nitrogens with one attached hydrogen (secondary N) is 2. The zero-order chi connectivity index (χ0) is 18.4. The second-order valence-corrected chi connectivity index (χ2v) is 5.78. The molecular weight excluding hydrogens is 328 g/mol. The maximum Gasteiger partial charge on any atom is 0.340 e. The summed E-state index contributed by atoms with van der Waals surface area (Å²) in [5.41, 5.74) is 8.98. The third-order valence-corrected chi connectivity index (χ3v) is 3.76. The summed E-state index contributed by atoms with van der Waals surface area (Å²) in [6.45, 7) is 2.28. The Morgan fingerprint density at radius 1 is 1.52 bits per heavy atom. The zero-order valence-corrected chi connectivity index (χ0v) is 13.9. The fourth-order valence-corrected chi connectivity index (χ4v) is 2.46. The SMILES string of the molecule is CCCCOC(=O)c1ccc(C2CC(CC(=O)O)ON2)nc1C(=N)N. The number of nitrogens with two attached hydrogens (primary N) is 1. The van der Waals surface area contributed by atoms with Gasteiger partial charge < -0.3 is 15.6 Å². The van der Waals surface area contributed by atoms with Gasteiger partial charge in [0.15, 0.2) is 0 Å². The normalized spacial score (nSPS) is 19.6. The van der Waals surface area contributed by atoms with Gasteiger partial charge in [-0.05, 0) is 25.0 Å². The van der Waals surface area contributed by atoms with Gasteiger partial charge >= 0.3 is 11.9 Å². The highest BCUT2D eigenvalue weighted by Gasteiger charge is 2.30. The van der Waals surface area contributed by atoms with Crippen molar-refractivity contribution in [3.63, 3.8) is 0 Å². The molecule has 5 N–H and O–H groups in total. The van der Waals surface area contributed by atoms with Crippen LogP contribution in [0.25, 0.3) is 0 Å². The molecule has 136 valence electrons. The number of nitrogen functional groups attached to an aromatic ring is 1. The highest BCUT2D eigenvalue weighted by Crippen LogP contribution is 2.26. The molecule has 0 spiro atoms. The van der Waals surface area contributed by atoms with E-state index in [1.807, 2.05) is 6.92 Å². The Labute approximate surface area is 145 Å². The predicted octanol–water partition coefficient (Wildman–Crippen LogP) is 1.13. The number of amidine groups is 1. The van der Waals surface area contributed by atoms with Crippen LogP contribution in [0.4, 0.5) is 0 Å². The lowest BCUT2D eigenvalue weighted by Gasteiger charge is -2.12. The van der Waals surface area contributed by atoms with Gasteiger partial charge in [-0.25, -0.2) is 9.78 Å². The van der Waals surface area contributed by atoms with Crippen molar-refractivity contribution in [1.82, 2.24) is 10.5 Å². The van der Waals surface area contributed by atoms with E-state index in [-0.39, 0.29) is 29.6 Å². The number of carboxylic acid groups (broad SMARTS) is 1. The molecule has 0 aromatic carbocycles. The summed E-state index contributed by atoms with van der Waals surface area (Å²) >= 11 is 0. The fraction of sp³-hybridized carbons (Fsp3) is 0.500. The lowest BCUT2D eigenvalue weighted by molar-refractivity contribution is -0.140. The molecule has 0 amide bonds. The number of pyridine rings is 1. The van der Waals surface area contributed by atoms with Gasteiger partial charge in [0.1, 0.15) is 11.5 Å². The van der Waals surface area contributed by atoms with E-state index in [4.69, 9.17) is 25.8 Å². The number of ether oxygens (including phenoxy) is 1. The summed E-state index contributed by atoms with van der Waals surface area (Å²) in [7, 11) is 0. The molecule has 1 saturated heterocycles. The van der Waals surface area contributed by atoms with Crippen LogP contribution in [0, 0.1) is 5.41 Å². The minimum atomic E-state index is -0.949. The highest BCUT2D eigenvalue weighted by molar-refractivity contribution is 6.04. The molecule has 1 fully saturated rings. The van der Waals surface area contributed by atoms with Crippen LogP contribution in [0.1, 0.15) is 60.4 Å². The number of hydroxylamine groups is 1. The average molecular weight is 350 g/mol. The first kappa shape index (κ1) is 18.8. The Bertz CT molecular complexity index is 664. The monoisotopic (exact) mass is 350 g/mol. The van der Waals surface area contributed by atoms with E-state index in [1.165, 1.54) is 6.07 Å². The third kappa shape index (κ3) is 4.97. The van der Waals surface area contributed by atoms with Crippen LogP contribution in [0.5, 0.6) is 0 Å². The molecule has 2 unspecified atom stereocenters. The number of aliphatic carboxylic acids is 1. The third-order valence-electron chi connectivity index (χ3n) is 3.76. The van der Waals surface area contributed by atoms with Crippen LogP contribution in [0.2, 0.25) is 0 Å². The zero-order valence-electron chi connectivity index (χ0n) is 13.9. The Hall–Kier alpha value is -2.52. The number of aromatic nitrogens is 1. The summed E-state index contributed by atoms with van der Waals surface area (Å²) < 4.78 is 5.15. The number of carbonyl (C=O) groups excluding carboxylic acids is 1. The molecule has 25 heavy (non-hydrogen) atoms. The molecule has 1 aromatic heterocycles. The lowest BCUT2D eigenvalue weighted by atomic mass is 10.0. The van der Waals surface area contributed by atoms with Crippen LogP contribution in [-0.4, -0.2) is 40.6 Å². The standard InChI is InChI=1S/C16H22N4O5/c1-2-3-6-24-16(23)10-4-5-11(19-14(10)15(17)18)12-7-9(25-20-12)8-13(21)22/h4-5,9,12,20H,2-3,6-8H2,1H3,(H3,17,18)(H,21,22). The average Bonchev–Trinajstić information content (AvgIpc) is 3.02. The summed E-state index contributed by atoms with van der Waals surface area (Å²) in [5, 5.41) is 16.5. The van der Waals surface area contributed by atoms with Crippen LogP contribution >= 0.6 is 0 Å². The number of unbranched alkanes of at least 4 members (excludes halogenated alkanes) is 1. The molecule has 2 atom stereocenters. The molecule has 2 heterocycles. The molecule has 0 saturated carbocycles. The Morgan fingerprint density at radius 2 is 2.28 bits per heavy atom. The van der Waals surface area contributed by atoms with Gasteiger partial charge in [0.25, 0.3) is 0 Å². The summed E-state index contributed by atoms with van der Waals surface area (Å²) in [6.07, 6.45) is 1.47. The van der Waals surface area contributed by atoms with Gasteiger partial charge in [0, 0.05) is 0 Å². The molecule has 1 aromatic rings. The number of hydrogen-bond acceptors (Lipinski definition) is 7. The van der Waals surface area contributed by atoms with E-state index in [0.717, 1.165) is 12.8 Å². The first-order chi connectivity index (χ1) is 11.9. The van der Waals surface area contributed by atoms with Crippen molar-refractivity contribution < 1.29 is 24.3 Å². The number of esters is 1. The van der Waals surface area contributed by atoms with E-state index in [2.05, 4.69) is 10.5 Å². The Balaban J connectivity index is 2.14. The van der Waals surface area contributed by atoms with Crippen molar-refractivity contribution in [2.75, 3.05) is 6.61 Å². The second-order valence-electron chi connectivity index (χ2n) is 5.78. The first-order valence-corrected chi connectivity index (χ1v) is 8.07. The smallest absolute Gasteiger partial charge is 0.340 e. The van der Waals surface area contributed by atoms with Crippen molar-refractivity contribution in [2.24, 2.45) is 5.73 Å². The maximum atomic E-state index is 12.1. The number of hydrogen-bond donors (Lipinski definition) is 4. The first-order valence-electron chi connectivity index (χ1n) is 8.07. The van der Waals surface area contributed by atoms with Crippen LogP contribution in [-0.2, 0) is 14.4 Å². The van der Waals surface area contributed by atoms with Crippen molar-refractivity contribution in [3.05, 3.63) is 29.1 Å². The lowest BCUT2D eigenvalue weighted by Crippen LogP contribution is -2.22. The van der Waals surface area contributed by atoms with E-state index in [1.54, 1.807) is 6.07 Å². The van der Waals surface area contributed by atoms with Crippen LogP contribution in [0.15, 0.2) is 12.1 Å². The van der Waals surface area contributed by atoms with Gasteiger partial charge in [-0.3, -0.25) is 15.0 Å². The fourth-order valence-electron chi connectivity index (χ4n) is 2.46. The molecule has 1 aliphatic rings. The summed E-state index contributed by atoms with van der Waals surface area (Å²) in [4.78, 5) is 32.4. The van der Waals surface area contributed by atoms with E-state index in [0.29, 0.717) is 18.7 Å². The second kappa shape index (κ2) is 8.54. The summed E-state index contributed by atoms with van der Waals surface area (Å²) in [5.74, 6) is -1.86. The van der Waals surface area contributed by atoms with Crippen molar-refractivity contribution in [2.45, 2.75) is 44.8 Å². The number of rotatable bonds is 8. The summed E-state index contributed by atoms with van der Waals surface area (Å²) in [6, 6.07) is 2.79. The van der Waals surface area contributed by atoms with Crippen LogP contribution < -0.4 is 11.2 Å². The van der Waals surface area contributed by atoms with E-state index >= 15 is 0 Å². The van der Waals surface area contributed by atoms with E-state index < -0.39 is 18.0 Å². The Kier molecular flexibility index (Phi) is 6.43. The van der Waals surface area contributed by atoms with Crippen LogP contribution in [0.3, 0.4) is 0 Å². The minimum absolute atomic E-state index is 0.0440. The molecular formula is C16H22N4O5. The van der Waals surface area contributed by atoms with Crippen molar-refractivity contribution >= 4 is 17.8 Å². The van der Waals surface area contributed by atoms with Gasteiger partial charge in [0.2, 0.25) is 0 Å². The Morgan fingerprint density at radius 3 is 2.92 bits per heavy atom. The molecule has 0 radical (unpaired) electrons. The van der Waals surface area contributed by atoms with E-state index in [9.17, 15) is 9.59 Å². The molecule has 0 bridgehead atoms. The van der Waals surface area contributed by atoms with Crippen molar-refractivity contribution in [1.29, 1.82) is 5.41 Å². The predicted molar refractivity (Wildman–Crippen MR) is 88.1 cm³/mol. The molecule has 0 aliphatic carbocycles. The molecule has 9 nitrogen and oxygen atoms in total. The number of nitrogens with zero attached hydrogens (tertiary/aromatic N) is 1.